The molecule has 0 fully saturated rings. The number of carbonyl (C=O) groups excluding carboxylic acids is 3. The van der Waals surface area contributed by atoms with Crippen LogP contribution in [0.3, 0.4) is 0 Å². The van der Waals surface area contributed by atoms with Crippen LogP contribution in [0.15, 0.2) is 34.7 Å². The molecule has 1 aliphatic heterocycles. The number of fused-ring (bicyclic) bond motifs is 1. The summed E-state index contributed by atoms with van der Waals surface area (Å²) in [5.41, 5.74) is 1.71. The molecule has 3 amide bonds. The smallest absolute Gasteiger partial charge is 0.261 e. The third kappa shape index (κ3) is 3.20. The summed E-state index contributed by atoms with van der Waals surface area (Å²) in [7, 11) is 0. The molecule has 6 nitrogen and oxygen atoms in total. The van der Waals surface area contributed by atoms with Crippen molar-refractivity contribution in [2.24, 2.45) is 0 Å². The molecule has 1 aromatic carbocycles. The number of hydrogen-bond acceptors (Lipinski definition) is 4. The van der Waals surface area contributed by atoms with Gasteiger partial charge in [-0.3, -0.25) is 19.3 Å². The number of amides is 3. The molecule has 1 aliphatic rings. The van der Waals surface area contributed by atoms with E-state index in [1.165, 1.54) is 0 Å². The Morgan fingerprint density at radius 3 is 2.28 bits per heavy atom. The Hall–Kier alpha value is -2.89. The summed E-state index contributed by atoms with van der Waals surface area (Å²) in [6.07, 6.45) is 0.0612. The van der Waals surface area contributed by atoms with Crippen molar-refractivity contribution < 1.29 is 18.8 Å². The Bertz CT molecular complexity index is 818. The van der Waals surface area contributed by atoms with Crippen LogP contribution in [0.2, 0.25) is 0 Å². The molecule has 0 spiro atoms. The lowest BCUT2D eigenvalue weighted by Gasteiger charge is -2.16. The fourth-order valence-electron chi connectivity index (χ4n) is 3.13. The van der Waals surface area contributed by atoms with Gasteiger partial charge in [-0.2, -0.15) is 0 Å². The summed E-state index contributed by atoms with van der Waals surface area (Å²) in [5, 5.41) is 2.88. The molecule has 0 saturated heterocycles. The first-order valence-electron chi connectivity index (χ1n) is 8.20. The molecule has 0 radical (unpaired) electrons. The van der Waals surface area contributed by atoms with Gasteiger partial charge >= 0.3 is 0 Å². The Balaban J connectivity index is 1.59. The molecular formula is C19H20N2O4. The number of nitrogens with one attached hydrogen (secondary N) is 1. The average Bonchev–Trinajstić information content (AvgIpc) is 3.03. The van der Waals surface area contributed by atoms with Crippen molar-refractivity contribution in [3.63, 3.8) is 0 Å². The molecule has 1 unspecified atom stereocenters. The zero-order valence-corrected chi connectivity index (χ0v) is 14.5. The predicted molar refractivity (Wildman–Crippen MR) is 91.2 cm³/mol. The lowest BCUT2D eigenvalue weighted by Crippen LogP contribution is -2.35. The van der Waals surface area contributed by atoms with E-state index in [9.17, 15) is 14.4 Å². The summed E-state index contributed by atoms with van der Waals surface area (Å²) in [6.45, 7) is 5.64. The summed E-state index contributed by atoms with van der Waals surface area (Å²) in [5.74, 6) is 0.651. The number of imide groups is 1. The van der Waals surface area contributed by atoms with Crippen molar-refractivity contribution in [2.75, 3.05) is 6.54 Å². The van der Waals surface area contributed by atoms with E-state index in [1.54, 1.807) is 24.3 Å². The van der Waals surface area contributed by atoms with Gasteiger partial charge in [-0.25, -0.2) is 0 Å². The number of furan rings is 1. The van der Waals surface area contributed by atoms with Gasteiger partial charge in [0.15, 0.2) is 0 Å². The lowest BCUT2D eigenvalue weighted by molar-refractivity contribution is -0.121. The minimum atomic E-state index is -0.345. The normalized spacial score (nSPS) is 14.6. The number of benzene rings is 1. The number of aryl methyl sites for hydroxylation is 2. The quantitative estimate of drug-likeness (QED) is 0.849. The lowest BCUT2D eigenvalue weighted by atomic mass is 10.1. The second kappa shape index (κ2) is 6.55. The van der Waals surface area contributed by atoms with E-state index >= 15 is 0 Å². The number of rotatable bonds is 5. The molecule has 2 heterocycles. The van der Waals surface area contributed by atoms with Crippen LogP contribution < -0.4 is 5.32 Å². The van der Waals surface area contributed by atoms with Crippen LogP contribution in [0, 0.1) is 13.8 Å². The number of carbonyl (C=O) groups is 3. The largest absolute Gasteiger partial charge is 0.466 e. The summed E-state index contributed by atoms with van der Waals surface area (Å²) in [6, 6.07) is 8.38. The minimum absolute atomic E-state index is 0.0612. The Morgan fingerprint density at radius 2 is 1.76 bits per heavy atom. The molecule has 2 aromatic rings. The first-order valence-corrected chi connectivity index (χ1v) is 8.20. The van der Waals surface area contributed by atoms with Gasteiger partial charge in [0.25, 0.3) is 11.8 Å². The van der Waals surface area contributed by atoms with Gasteiger partial charge in [-0.05, 0) is 39.0 Å². The zero-order chi connectivity index (χ0) is 18.1. The molecule has 130 valence electrons. The van der Waals surface area contributed by atoms with Crippen LogP contribution in [-0.2, 0) is 4.79 Å². The first-order chi connectivity index (χ1) is 11.9. The maximum atomic E-state index is 12.3. The molecule has 0 saturated carbocycles. The standard InChI is InChI=1S/C19H20N2O4/c1-11-10-16(13(3)25-11)12(2)20-17(22)8-9-21-18(23)14-6-4-5-7-15(14)19(21)24/h4-7,10,12H,8-9H2,1-3H3,(H,20,22). The van der Waals surface area contributed by atoms with E-state index in [4.69, 9.17) is 4.42 Å². The highest BCUT2D eigenvalue weighted by molar-refractivity contribution is 6.21. The molecule has 25 heavy (non-hydrogen) atoms. The number of hydrogen-bond donors (Lipinski definition) is 1. The Kier molecular flexibility index (Phi) is 4.44. The van der Waals surface area contributed by atoms with Gasteiger partial charge in [0.1, 0.15) is 11.5 Å². The maximum absolute atomic E-state index is 12.3. The van der Waals surface area contributed by atoms with Gasteiger partial charge in [-0.1, -0.05) is 12.1 Å². The van der Waals surface area contributed by atoms with Crippen molar-refractivity contribution in [1.29, 1.82) is 0 Å². The monoisotopic (exact) mass is 340 g/mol. The summed E-state index contributed by atoms with van der Waals surface area (Å²) < 4.78 is 5.47. The van der Waals surface area contributed by atoms with E-state index < -0.39 is 0 Å². The van der Waals surface area contributed by atoms with Gasteiger partial charge in [-0.15, -0.1) is 0 Å². The highest BCUT2D eigenvalue weighted by Crippen LogP contribution is 2.23. The molecule has 3 rings (SSSR count). The second-order valence-electron chi connectivity index (χ2n) is 6.22. The number of nitrogens with zero attached hydrogens (tertiary/aromatic N) is 1. The average molecular weight is 340 g/mol. The van der Waals surface area contributed by atoms with Crippen LogP contribution in [-0.4, -0.2) is 29.2 Å². The summed E-state index contributed by atoms with van der Waals surface area (Å²) >= 11 is 0. The topological polar surface area (TPSA) is 79.6 Å². The van der Waals surface area contributed by atoms with Crippen molar-refractivity contribution in [1.82, 2.24) is 10.2 Å². The molecule has 1 N–H and O–H groups in total. The molecular weight excluding hydrogens is 320 g/mol. The fraction of sp³-hybridized carbons (Fsp3) is 0.316. The van der Waals surface area contributed by atoms with Crippen LogP contribution in [0.1, 0.15) is 57.2 Å². The van der Waals surface area contributed by atoms with Crippen molar-refractivity contribution in [2.45, 2.75) is 33.2 Å². The van der Waals surface area contributed by atoms with Crippen molar-refractivity contribution >= 4 is 17.7 Å². The predicted octanol–water partition coefficient (Wildman–Crippen LogP) is 2.76. The first kappa shape index (κ1) is 17.0. The fourth-order valence-corrected chi connectivity index (χ4v) is 3.13. The van der Waals surface area contributed by atoms with Crippen molar-refractivity contribution in [3.8, 4) is 0 Å². The SMILES string of the molecule is Cc1cc(C(C)NC(=O)CCN2C(=O)c3ccccc3C2=O)c(C)o1. The van der Waals surface area contributed by atoms with Crippen LogP contribution >= 0.6 is 0 Å². The molecule has 0 bridgehead atoms. The highest BCUT2D eigenvalue weighted by Gasteiger charge is 2.35. The van der Waals surface area contributed by atoms with Gasteiger partial charge in [0.2, 0.25) is 5.91 Å². The van der Waals surface area contributed by atoms with E-state index in [0.717, 1.165) is 22.0 Å². The van der Waals surface area contributed by atoms with Crippen LogP contribution in [0.25, 0.3) is 0 Å². The third-order valence-electron chi connectivity index (χ3n) is 4.36. The van der Waals surface area contributed by atoms with Gasteiger partial charge < -0.3 is 9.73 Å². The third-order valence-corrected chi connectivity index (χ3v) is 4.36. The molecule has 1 atom stereocenters. The Morgan fingerprint density at radius 1 is 1.16 bits per heavy atom. The molecule has 1 aromatic heterocycles. The van der Waals surface area contributed by atoms with Crippen LogP contribution in [0.5, 0.6) is 0 Å². The maximum Gasteiger partial charge on any atom is 0.261 e. The molecule has 0 aliphatic carbocycles. The highest BCUT2D eigenvalue weighted by atomic mass is 16.3. The van der Waals surface area contributed by atoms with Gasteiger partial charge in [0.05, 0.1) is 17.2 Å². The van der Waals surface area contributed by atoms with E-state index in [0.29, 0.717) is 11.1 Å². The van der Waals surface area contributed by atoms with E-state index in [1.807, 2.05) is 26.8 Å². The minimum Gasteiger partial charge on any atom is -0.466 e. The van der Waals surface area contributed by atoms with Crippen LogP contribution in [0.4, 0.5) is 0 Å². The Labute approximate surface area is 145 Å². The van der Waals surface area contributed by atoms with E-state index in [-0.39, 0.29) is 36.7 Å². The summed E-state index contributed by atoms with van der Waals surface area (Å²) in [4.78, 5) is 37.9. The second-order valence-corrected chi connectivity index (χ2v) is 6.22. The van der Waals surface area contributed by atoms with Gasteiger partial charge in [0, 0.05) is 18.5 Å². The zero-order valence-electron chi connectivity index (χ0n) is 14.5. The molecule has 6 heteroatoms. The van der Waals surface area contributed by atoms with Crippen molar-refractivity contribution in [3.05, 3.63) is 58.5 Å². The van der Waals surface area contributed by atoms with E-state index in [2.05, 4.69) is 5.32 Å².